The van der Waals surface area contributed by atoms with Gasteiger partial charge in [0, 0.05) is 36.3 Å². The maximum Gasteiger partial charge on any atom is 0.303 e. The summed E-state index contributed by atoms with van der Waals surface area (Å²) in [4.78, 5) is 15.5. The first kappa shape index (κ1) is 18.9. The Hall–Kier alpha value is -2.44. The van der Waals surface area contributed by atoms with E-state index >= 15 is 0 Å². The highest BCUT2D eigenvalue weighted by Crippen LogP contribution is 2.31. The molecule has 0 fully saturated rings. The summed E-state index contributed by atoms with van der Waals surface area (Å²) in [6.07, 6.45) is 2.90. The van der Waals surface area contributed by atoms with Crippen LogP contribution in [-0.2, 0) is 18.4 Å². The highest BCUT2D eigenvalue weighted by Gasteiger charge is 2.15. The minimum absolute atomic E-state index is 0.173. The van der Waals surface area contributed by atoms with Crippen LogP contribution in [0.25, 0.3) is 21.9 Å². The molecule has 0 saturated carbocycles. The van der Waals surface area contributed by atoms with Crippen molar-refractivity contribution in [1.82, 2.24) is 14.1 Å². The van der Waals surface area contributed by atoms with Gasteiger partial charge in [-0.3, -0.25) is 4.79 Å². The molecule has 0 spiro atoms. The molecule has 28 heavy (non-hydrogen) atoms. The molecule has 5 nitrogen and oxygen atoms in total. The van der Waals surface area contributed by atoms with Crippen LogP contribution < -0.4 is 0 Å². The van der Waals surface area contributed by atoms with E-state index in [9.17, 15) is 4.79 Å². The summed E-state index contributed by atoms with van der Waals surface area (Å²) in [5.41, 5.74) is 4.24. The Labute approximate surface area is 171 Å². The van der Waals surface area contributed by atoms with Crippen LogP contribution in [0.1, 0.15) is 18.4 Å². The molecule has 0 atom stereocenters. The van der Waals surface area contributed by atoms with Crippen molar-refractivity contribution in [3.8, 4) is 0 Å². The minimum atomic E-state index is -0.764. The molecule has 0 saturated heterocycles. The number of carboxylic acids is 1. The number of rotatable bonds is 7. The van der Waals surface area contributed by atoms with E-state index in [1.807, 2.05) is 37.4 Å². The maximum absolute atomic E-state index is 10.8. The predicted molar refractivity (Wildman–Crippen MR) is 114 cm³/mol. The Balaban J connectivity index is 1.72. The number of para-hydroxylation sites is 2. The van der Waals surface area contributed by atoms with Crippen LogP contribution in [0.15, 0.2) is 53.8 Å². The van der Waals surface area contributed by atoms with Gasteiger partial charge < -0.3 is 14.2 Å². The van der Waals surface area contributed by atoms with Gasteiger partial charge in [0.2, 0.25) is 0 Å². The van der Waals surface area contributed by atoms with Gasteiger partial charge in [-0.2, -0.15) is 0 Å². The number of hydrogen-bond donors (Lipinski definition) is 1. The second-order valence-corrected chi connectivity index (χ2v) is 8.18. The number of nitrogens with zero attached hydrogens (tertiary/aromatic N) is 3. The molecule has 144 valence electrons. The van der Waals surface area contributed by atoms with Crippen LogP contribution in [0.2, 0.25) is 5.02 Å². The van der Waals surface area contributed by atoms with E-state index in [4.69, 9.17) is 21.7 Å². The zero-order chi connectivity index (χ0) is 19.7. The third-order valence-electron chi connectivity index (χ3n) is 4.76. The molecule has 0 amide bonds. The third-order valence-corrected chi connectivity index (χ3v) is 6.13. The van der Waals surface area contributed by atoms with Gasteiger partial charge in [0.1, 0.15) is 0 Å². The molecule has 0 aliphatic rings. The molecule has 0 radical (unpaired) electrons. The SMILES string of the molecule is Cn1cc(Cn2c(SCCCC(=O)O)nc3ccccc32)c2c(Cl)cccc21. The minimum Gasteiger partial charge on any atom is -0.481 e. The second kappa shape index (κ2) is 7.89. The number of carbonyl (C=O) groups is 1. The number of benzene rings is 2. The molecule has 7 heteroatoms. The van der Waals surface area contributed by atoms with E-state index in [0.717, 1.165) is 37.7 Å². The van der Waals surface area contributed by atoms with Crippen LogP contribution in [-0.4, -0.2) is 30.9 Å². The lowest BCUT2D eigenvalue weighted by atomic mass is 10.1. The average molecular weight is 414 g/mol. The quantitative estimate of drug-likeness (QED) is 0.334. The van der Waals surface area contributed by atoms with Gasteiger partial charge in [0.05, 0.1) is 22.6 Å². The molecule has 4 aromatic rings. The van der Waals surface area contributed by atoms with Crippen molar-refractivity contribution in [3.05, 3.63) is 59.2 Å². The summed E-state index contributed by atoms with van der Waals surface area (Å²) in [6.45, 7) is 0.656. The van der Waals surface area contributed by atoms with Crippen molar-refractivity contribution in [2.75, 3.05) is 5.75 Å². The first-order chi connectivity index (χ1) is 13.5. The predicted octanol–water partition coefficient (Wildman–Crippen LogP) is 5.19. The number of fused-ring (bicyclic) bond motifs is 2. The average Bonchev–Trinajstić information content (AvgIpc) is 3.18. The molecule has 0 unspecified atom stereocenters. The van der Waals surface area contributed by atoms with Crippen molar-refractivity contribution >= 4 is 51.3 Å². The highest BCUT2D eigenvalue weighted by atomic mass is 35.5. The molecular formula is C21H20ClN3O2S. The normalized spacial score (nSPS) is 11.5. The van der Waals surface area contributed by atoms with Crippen molar-refractivity contribution in [1.29, 1.82) is 0 Å². The fraction of sp³-hybridized carbons (Fsp3) is 0.238. The summed E-state index contributed by atoms with van der Waals surface area (Å²) in [7, 11) is 2.02. The number of halogens is 1. The van der Waals surface area contributed by atoms with Crippen molar-refractivity contribution in [3.63, 3.8) is 0 Å². The van der Waals surface area contributed by atoms with Crippen molar-refractivity contribution < 1.29 is 9.90 Å². The largest absolute Gasteiger partial charge is 0.481 e. The van der Waals surface area contributed by atoms with E-state index in [-0.39, 0.29) is 6.42 Å². The Morgan fingerprint density at radius 2 is 1.96 bits per heavy atom. The Morgan fingerprint density at radius 3 is 2.79 bits per heavy atom. The van der Waals surface area contributed by atoms with Gasteiger partial charge in [0.15, 0.2) is 5.16 Å². The molecular weight excluding hydrogens is 394 g/mol. The number of hydrogen-bond acceptors (Lipinski definition) is 3. The van der Waals surface area contributed by atoms with Crippen LogP contribution in [0, 0.1) is 0 Å². The molecule has 2 heterocycles. The number of aromatic nitrogens is 3. The lowest BCUT2D eigenvalue weighted by molar-refractivity contribution is -0.137. The number of thioether (sulfide) groups is 1. The highest BCUT2D eigenvalue weighted by molar-refractivity contribution is 7.99. The molecule has 0 aliphatic carbocycles. The van der Waals surface area contributed by atoms with Crippen LogP contribution >= 0.6 is 23.4 Å². The van der Waals surface area contributed by atoms with E-state index in [1.54, 1.807) is 11.8 Å². The van der Waals surface area contributed by atoms with E-state index in [1.165, 1.54) is 0 Å². The second-order valence-electron chi connectivity index (χ2n) is 6.71. The molecule has 2 aromatic heterocycles. The van der Waals surface area contributed by atoms with Crippen molar-refractivity contribution in [2.24, 2.45) is 7.05 Å². The van der Waals surface area contributed by atoms with Crippen LogP contribution in [0.3, 0.4) is 0 Å². The summed E-state index contributed by atoms with van der Waals surface area (Å²) in [6, 6.07) is 14.0. The number of aliphatic carboxylic acids is 1. The summed E-state index contributed by atoms with van der Waals surface area (Å²) in [5, 5.41) is 11.6. The van der Waals surface area contributed by atoms with Crippen molar-refractivity contribution in [2.45, 2.75) is 24.5 Å². The zero-order valence-electron chi connectivity index (χ0n) is 15.4. The van der Waals surface area contributed by atoms with Gasteiger partial charge in [-0.25, -0.2) is 4.98 Å². The summed E-state index contributed by atoms with van der Waals surface area (Å²) in [5.74, 6) is -0.0501. The van der Waals surface area contributed by atoms with Gasteiger partial charge in [-0.1, -0.05) is 41.6 Å². The third kappa shape index (κ3) is 3.62. The Kier molecular flexibility index (Phi) is 5.33. The summed E-state index contributed by atoms with van der Waals surface area (Å²) >= 11 is 8.11. The molecule has 2 aromatic carbocycles. The molecule has 0 aliphatic heterocycles. The fourth-order valence-corrected chi connectivity index (χ4v) is 4.73. The first-order valence-electron chi connectivity index (χ1n) is 9.07. The van der Waals surface area contributed by atoms with Crippen LogP contribution in [0.4, 0.5) is 0 Å². The number of carboxylic acid groups (broad SMARTS) is 1. The van der Waals surface area contributed by atoms with Crippen LogP contribution in [0.5, 0.6) is 0 Å². The van der Waals surface area contributed by atoms with Gasteiger partial charge in [0.25, 0.3) is 0 Å². The monoisotopic (exact) mass is 413 g/mol. The zero-order valence-corrected chi connectivity index (χ0v) is 17.0. The standard InChI is InChI=1S/C21H20ClN3O2S/c1-24-12-14(20-15(22)6-4-9-18(20)24)13-25-17-8-3-2-7-16(17)23-21(25)28-11-5-10-19(26)27/h2-4,6-9,12H,5,10-11,13H2,1H3,(H,26,27). The van der Waals surface area contributed by atoms with Gasteiger partial charge >= 0.3 is 5.97 Å². The fourth-order valence-electron chi connectivity index (χ4n) is 3.49. The lowest BCUT2D eigenvalue weighted by Crippen LogP contribution is -2.02. The van der Waals surface area contributed by atoms with E-state index in [0.29, 0.717) is 18.7 Å². The Bertz CT molecular complexity index is 1170. The lowest BCUT2D eigenvalue weighted by Gasteiger charge is -2.09. The first-order valence-corrected chi connectivity index (χ1v) is 10.4. The smallest absolute Gasteiger partial charge is 0.303 e. The van der Waals surface area contributed by atoms with E-state index in [2.05, 4.69) is 27.5 Å². The summed E-state index contributed by atoms with van der Waals surface area (Å²) < 4.78 is 4.29. The van der Waals surface area contributed by atoms with Gasteiger partial charge in [-0.05, 0) is 36.2 Å². The topological polar surface area (TPSA) is 60.0 Å². The molecule has 1 N–H and O–H groups in total. The molecule has 0 bridgehead atoms. The van der Waals surface area contributed by atoms with Gasteiger partial charge in [-0.15, -0.1) is 0 Å². The maximum atomic E-state index is 10.8. The Morgan fingerprint density at radius 1 is 1.18 bits per heavy atom. The van der Waals surface area contributed by atoms with E-state index < -0.39 is 5.97 Å². The number of imidazole rings is 1. The molecule has 4 rings (SSSR count). The number of aryl methyl sites for hydroxylation is 1.